The van der Waals surface area contributed by atoms with E-state index in [1.54, 1.807) is 0 Å². The lowest BCUT2D eigenvalue weighted by atomic mass is 9.92. The van der Waals surface area contributed by atoms with E-state index >= 15 is 0 Å². The van der Waals surface area contributed by atoms with Crippen LogP contribution in [0, 0.1) is 0 Å². The van der Waals surface area contributed by atoms with Crippen LogP contribution in [0.15, 0.2) is 0 Å². The van der Waals surface area contributed by atoms with E-state index in [0.717, 1.165) is 4.90 Å². The highest BCUT2D eigenvalue weighted by atomic mass is 19.1. The van der Waals surface area contributed by atoms with Gasteiger partial charge in [-0.1, -0.05) is 0 Å². The average molecular weight is 190 g/mol. The van der Waals surface area contributed by atoms with Gasteiger partial charge in [-0.2, -0.15) is 0 Å². The van der Waals surface area contributed by atoms with Gasteiger partial charge >= 0.3 is 6.09 Å². The molecular weight excluding hydrogens is 175 g/mol. The molecule has 1 fully saturated rings. The molecule has 76 valence electrons. The van der Waals surface area contributed by atoms with Gasteiger partial charge in [0.05, 0.1) is 6.54 Å². The first kappa shape index (κ1) is 10.2. The molecule has 1 aliphatic heterocycles. The summed E-state index contributed by atoms with van der Waals surface area (Å²) in [5, 5.41) is 8.67. The second-order valence-corrected chi connectivity index (χ2v) is 3.50. The molecular formula is C8H15FN2O2. The lowest BCUT2D eigenvalue weighted by Crippen LogP contribution is -2.48. The summed E-state index contributed by atoms with van der Waals surface area (Å²) in [7, 11) is 0. The van der Waals surface area contributed by atoms with Crippen LogP contribution in [-0.4, -0.2) is 41.4 Å². The summed E-state index contributed by atoms with van der Waals surface area (Å²) < 4.78 is 13.8. The SMILES string of the molecule is NCCC1(F)CCCN(C(=O)O)C1. The van der Waals surface area contributed by atoms with Crippen molar-refractivity contribution >= 4 is 6.09 Å². The van der Waals surface area contributed by atoms with Crippen LogP contribution in [0.4, 0.5) is 9.18 Å². The molecule has 0 aromatic heterocycles. The summed E-state index contributed by atoms with van der Waals surface area (Å²) >= 11 is 0. The van der Waals surface area contributed by atoms with Crippen molar-refractivity contribution in [2.75, 3.05) is 19.6 Å². The number of carboxylic acid groups (broad SMARTS) is 1. The molecule has 13 heavy (non-hydrogen) atoms. The van der Waals surface area contributed by atoms with Gasteiger partial charge in [-0.05, 0) is 25.8 Å². The van der Waals surface area contributed by atoms with Gasteiger partial charge in [0.15, 0.2) is 0 Å². The first-order valence-electron chi connectivity index (χ1n) is 4.44. The molecule has 1 saturated heterocycles. The molecule has 1 unspecified atom stereocenters. The summed E-state index contributed by atoms with van der Waals surface area (Å²) in [6.45, 7) is 0.676. The Balaban J connectivity index is 2.54. The fraction of sp³-hybridized carbons (Fsp3) is 0.875. The van der Waals surface area contributed by atoms with Gasteiger partial charge in [-0.25, -0.2) is 9.18 Å². The Morgan fingerprint density at radius 1 is 1.69 bits per heavy atom. The van der Waals surface area contributed by atoms with Crippen LogP contribution in [0.2, 0.25) is 0 Å². The van der Waals surface area contributed by atoms with Gasteiger partial charge in [0.1, 0.15) is 5.67 Å². The number of rotatable bonds is 2. The molecule has 1 rings (SSSR count). The number of alkyl halides is 1. The minimum Gasteiger partial charge on any atom is -0.465 e. The van der Waals surface area contributed by atoms with E-state index < -0.39 is 11.8 Å². The van der Waals surface area contributed by atoms with Crippen LogP contribution in [0.25, 0.3) is 0 Å². The van der Waals surface area contributed by atoms with Crippen molar-refractivity contribution in [3.05, 3.63) is 0 Å². The van der Waals surface area contributed by atoms with Crippen molar-refractivity contribution in [3.63, 3.8) is 0 Å². The van der Waals surface area contributed by atoms with E-state index in [1.807, 2.05) is 0 Å². The summed E-state index contributed by atoms with van der Waals surface area (Å²) in [6, 6.07) is 0. The van der Waals surface area contributed by atoms with Gasteiger partial charge < -0.3 is 15.7 Å². The third kappa shape index (κ3) is 2.55. The van der Waals surface area contributed by atoms with Gasteiger partial charge in [0, 0.05) is 6.54 Å². The lowest BCUT2D eigenvalue weighted by Gasteiger charge is -2.35. The number of amides is 1. The van der Waals surface area contributed by atoms with Crippen molar-refractivity contribution < 1.29 is 14.3 Å². The van der Waals surface area contributed by atoms with Gasteiger partial charge in [0.25, 0.3) is 0 Å². The molecule has 1 amide bonds. The molecule has 1 heterocycles. The quantitative estimate of drug-likeness (QED) is 0.677. The van der Waals surface area contributed by atoms with Gasteiger partial charge in [-0.3, -0.25) is 0 Å². The number of nitrogens with zero attached hydrogens (tertiary/aromatic N) is 1. The summed E-state index contributed by atoms with van der Waals surface area (Å²) in [4.78, 5) is 11.7. The van der Waals surface area contributed by atoms with E-state index in [1.165, 1.54) is 0 Å². The molecule has 3 N–H and O–H groups in total. The first-order valence-corrected chi connectivity index (χ1v) is 4.44. The number of carbonyl (C=O) groups is 1. The molecule has 4 nitrogen and oxygen atoms in total. The monoisotopic (exact) mass is 190 g/mol. The van der Waals surface area contributed by atoms with Crippen LogP contribution in [0.1, 0.15) is 19.3 Å². The normalized spacial score (nSPS) is 28.9. The van der Waals surface area contributed by atoms with Crippen molar-refractivity contribution in [1.29, 1.82) is 0 Å². The molecule has 0 radical (unpaired) electrons. The molecule has 1 aliphatic rings. The number of piperidine rings is 1. The molecule has 0 saturated carbocycles. The zero-order valence-electron chi connectivity index (χ0n) is 7.50. The number of halogens is 1. The molecule has 1 atom stereocenters. The first-order chi connectivity index (χ1) is 6.07. The maximum atomic E-state index is 13.8. The second kappa shape index (κ2) is 3.91. The third-order valence-corrected chi connectivity index (χ3v) is 2.39. The average Bonchev–Trinajstić information content (AvgIpc) is 2.04. The highest BCUT2D eigenvalue weighted by Crippen LogP contribution is 2.27. The molecule has 0 aromatic carbocycles. The minimum absolute atomic E-state index is 0.0282. The number of hydrogen-bond acceptors (Lipinski definition) is 2. The highest BCUT2D eigenvalue weighted by molar-refractivity contribution is 5.65. The Morgan fingerprint density at radius 2 is 2.38 bits per heavy atom. The van der Waals surface area contributed by atoms with Crippen LogP contribution in [0.3, 0.4) is 0 Å². The Bertz CT molecular complexity index is 197. The Morgan fingerprint density at radius 3 is 2.92 bits per heavy atom. The summed E-state index contributed by atoms with van der Waals surface area (Å²) in [6.07, 6.45) is 0.215. The largest absolute Gasteiger partial charge is 0.465 e. The van der Waals surface area contributed by atoms with Crippen LogP contribution >= 0.6 is 0 Å². The highest BCUT2D eigenvalue weighted by Gasteiger charge is 2.36. The predicted molar refractivity (Wildman–Crippen MR) is 46.3 cm³/mol. The molecule has 0 aromatic rings. The Kier molecular flexibility index (Phi) is 3.08. The van der Waals surface area contributed by atoms with E-state index in [4.69, 9.17) is 10.8 Å². The smallest absolute Gasteiger partial charge is 0.407 e. The van der Waals surface area contributed by atoms with Crippen molar-refractivity contribution in [1.82, 2.24) is 4.90 Å². The fourth-order valence-corrected chi connectivity index (χ4v) is 1.71. The number of hydrogen-bond donors (Lipinski definition) is 2. The van der Waals surface area contributed by atoms with Crippen LogP contribution in [-0.2, 0) is 0 Å². The zero-order chi connectivity index (χ0) is 9.90. The fourth-order valence-electron chi connectivity index (χ4n) is 1.71. The predicted octanol–water partition coefficient (Wildman–Crippen LogP) is 0.817. The molecule has 0 aliphatic carbocycles. The van der Waals surface area contributed by atoms with Crippen molar-refractivity contribution in [2.24, 2.45) is 5.73 Å². The van der Waals surface area contributed by atoms with Crippen molar-refractivity contribution in [2.45, 2.75) is 24.9 Å². The topological polar surface area (TPSA) is 66.6 Å². The molecule has 0 spiro atoms. The van der Waals surface area contributed by atoms with E-state index in [2.05, 4.69) is 0 Å². The Hall–Kier alpha value is -0.840. The summed E-state index contributed by atoms with van der Waals surface area (Å²) in [5.74, 6) is 0. The summed E-state index contributed by atoms with van der Waals surface area (Å²) in [5.41, 5.74) is 3.86. The minimum atomic E-state index is -1.40. The molecule has 0 bridgehead atoms. The van der Waals surface area contributed by atoms with E-state index in [9.17, 15) is 9.18 Å². The third-order valence-electron chi connectivity index (χ3n) is 2.39. The van der Waals surface area contributed by atoms with Crippen LogP contribution < -0.4 is 5.73 Å². The van der Waals surface area contributed by atoms with Gasteiger partial charge in [0.2, 0.25) is 0 Å². The standard InChI is InChI=1S/C8H15FN2O2/c9-8(3-4-10)2-1-5-11(6-8)7(12)13/h1-6,10H2,(H,12,13). The van der Waals surface area contributed by atoms with Crippen molar-refractivity contribution in [3.8, 4) is 0 Å². The van der Waals surface area contributed by atoms with Crippen LogP contribution in [0.5, 0.6) is 0 Å². The maximum Gasteiger partial charge on any atom is 0.407 e. The van der Waals surface area contributed by atoms with E-state index in [-0.39, 0.29) is 19.5 Å². The lowest BCUT2D eigenvalue weighted by molar-refractivity contribution is 0.0409. The molecule has 5 heteroatoms. The second-order valence-electron chi connectivity index (χ2n) is 3.50. The Labute approximate surface area is 76.5 Å². The maximum absolute atomic E-state index is 13.8. The number of nitrogens with two attached hydrogens (primary N) is 1. The number of likely N-dealkylation sites (tertiary alicyclic amines) is 1. The zero-order valence-corrected chi connectivity index (χ0v) is 7.50. The van der Waals surface area contributed by atoms with Gasteiger partial charge in [-0.15, -0.1) is 0 Å². The van der Waals surface area contributed by atoms with E-state index in [0.29, 0.717) is 19.4 Å².